The molecule has 0 amide bonds. The molecule has 0 radical (unpaired) electrons. The molecule has 2 aliphatic rings. The van der Waals surface area contributed by atoms with Gasteiger partial charge in [-0.05, 0) is 39.4 Å². The number of benzene rings is 1. The van der Waals surface area contributed by atoms with Gasteiger partial charge in [0.05, 0.1) is 10.4 Å². The van der Waals surface area contributed by atoms with E-state index in [4.69, 9.17) is 9.97 Å². The second-order valence-electron chi connectivity index (χ2n) is 10.2. The number of nitrogens with one attached hydrogen (secondary N) is 2. The molecule has 0 unspecified atom stereocenters. The summed E-state index contributed by atoms with van der Waals surface area (Å²) in [6.45, 7) is 8.47. The summed E-state index contributed by atoms with van der Waals surface area (Å²) in [7, 11) is 0.500. The van der Waals surface area contributed by atoms with Crippen LogP contribution in [0, 0.1) is 6.92 Å². The van der Waals surface area contributed by atoms with Crippen LogP contribution in [0.15, 0.2) is 47.4 Å². The quantitative estimate of drug-likeness (QED) is 0.480. The Kier molecular flexibility index (Phi) is 6.82. The highest BCUT2D eigenvalue weighted by atomic mass is 32.2. The first-order chi connectivity index (χ1) is 17.6. The maximum atomic E-state index is 13.3. The second kappa shape index (κ2) is 9.92. The number of piperazine rings is 1. The predicted molar refractivity (Wildman–Crippen MR) is 145 cm³/mol. The number of H-pyrrole nitrogens is 1. The molecule has 0 bridgehead atoms. The lowest BCUT2D eigenvalue weighted by Gasteiger charge is -2.37. The lowest BCUT2D eigenvalue weighted by Crippen LogP contribution is -2.48. The fourth-order valence-electron chi connectivity index (χ4n) is 4.81. The number of rotatable bonds is 7. The van der Waals surface area contributed by atoms with Gasteiger partial charge in [0.1, 0.15) is 11.6 Å². The molecular weight excluding hydrogens is 490 g/mol. The first-order valence-electron chi connectivity index (χ1n) is 12.5. The van der Waals surface area contributed by atoms with Crippen molar-refractivity contribution in [1.82, 2.24) is 29.4 Å². The Bertz CT molecular complexity index is 1340. The van der Waals surface area contributed by atoms with Crippen molar-refractivity contribution in [2.45, 2.75) is 30.7 Å². The number of anilines is 4. The summed E-state index contributed by atoms with van der Waals surface area (Å²) in [6.07, 6.45) is 0.666. The average molecular weight is 526 g/mol. The van der Waals surface area contributed by atoms with Crippen molar-refractivity contribution < 1.29 is 8.42 Å². The van der Waals surface area contributed by atoms with Crippen LogP contribution in [0.5, 0.6) is 0 Å². The molecule has 2 aromatic heterocycles. The number of hydrogen-bond donors (Lipinski definition) is 2. The van der Waals surface area contributed by atoms with Crippen LogP contribution >= 0.6 is 0 Å². The van der Waals surface area contributed by atoms with E-state index in [-0.39, 0.29) is 0 Å². The van der Waals surface area contributed by atoms with Gasteiger partial charge in [-0.3, -0.25) is 5.10 Å². The molecule has 2 N–H and O–H groups in total. The average Bonchev–Trinajstić information content (AvgIpc) is 3.50. The molecule has 0 spiro atoms. The van der Waals surface area contributed by atoms with Crippen molar-refractivity contribution in [3.05, 3.63) is 48.2 Å². The third kappa shape index (κ3) is 5.27. The first-order valence-corrected chi connectivity index (χ1v) is 14.0. The monoisotopic (exact) mass is 525 g/mol. The Morgan fingerprint density at radius 1 is 1.03 bits per heavy atom. The van der Waals surface area contributed by atoms with E-state index in [1.807, 2.05) is 37.1 Å². The molecule has 1 atom stereocenters. The molecule has 198 valence electrons. The summed E-state index contributed by atoms with van der Waals surface area (Å²) in [5.74, 6) is 2.72. The molecule has 37 heavy (non-hydrogen) atoms. The van der Waals surface area contributed by atoms with Gasteiger partial charge >= 0.3 is 0 Å². The van der Waals surface area contributed by atoms with E-state index in [1.54, 1.807) is 28.6 Å². The summed E-state index contributed by atoms with van der Waals surface area (Å²) in [6, 6.07) is 12.5. The minimum absolute atomic E-state index is 0.316. The highest BCUT2D eigenvalue weighted by Crippen LogP contribution is 2.34. The van der Waals surface area contributed by atoms with Gasteiger partial charge in [0, 0.05) is 64.1 Å². The zero-order valence-corrected chi connectivity index (χ0v) is 22.7. The molecule has 3 aromatic rings. The fraction of sp³-hybridized carbons (Fsp3) is 0.480. The Balaban J connectivity index is 1.43. The van der Waals surface area contributed by atoms with Gasteiger partial charge in [-0.25, -0.2) is 8.42 Å². The zero-order valence-electron chi connectivity index (χ0n) is 21.8. The molecule has 2 aliphatic heterocycles. The fourth-order valence-corrected chi connectivity index (χ4v) is 6.39. The molecule has 2 saturated heterocycles. The number of hydrogen-bond acceptors (Lipinski definition) is 9. The summed E-state index contributed by atoms with van der Waals surface area (Å²) in [5, 5.41) is 10.5. The van der Waals surface area contributed by atoms with Crippen LogP contribution in [0.1, 0.15) is 19.0 Å². The molecule has 1 aromatic carbocycles. The first kappa shape index (κ1) is 25.4. The van der Waals surface area contributed by atoms with E-state index in [9.17, 15) is 8.42 Å². The van der Waals surface area contributed by atoms with Gasteiger partial charge < -0.3 is 20.0 Å². The molecule has 5 rings (SSSR count). The van der Waals surface area contributed by atoms with E-state index in [0.717, 1.165) is 37.7 Å². The molecule has 0 aliphatic carbocycles. The van der Waals surface area contributed by atoms with Gasteiger partial charge in [-0.1, -0.05) is 18.2 Å². The smallest absolute Gasteiger partial charge is 0.243 e. The minimum Gasteiger partial charge on any atom is -0.354 e. The van der Waals surface area contributed by atoms with Crippen molar-refractivity contribution in [2.24, 2.45) is 0 Å². The Morgan fingerprint density at radius 3 is 2.43 bits per heavy atom. The zero-order chi connectivity index (χ0) is 26.2. The van der Waals surface area contributed by atoms with E-state index in [1.165, 1.54) is 0 Å². The van der Waals surface area contributed by atoms with Gasteiger partial charge in [0.15, 0.2) is 5.82 Å². The second-order valence-corrected chi connectivity index (χ2v) is 12.2. The van der Waals surface area contributed by atoms with Gasteiger partial charge in [-0.15, -0.1) is 0 Å². The van der Waals surface area contributed by atoms with E-state index in [2.05, 4.69) is 39.3 Å². The van der Waals surface area contributed by atoms with Crippen molar-refractivity contribution in [3.63, 3.8) is 0 Å². The topological polar surface area (TPSA) is 114 Å². The van der Waals surface area contributed by atoms with Crippen LogP contribution in [0.4, 0.5) is 23.4 Å². The highest BCUT2D eigenvalue weighted by molar-refractivity contribution is 7.89. The van der Waals surface area contributed by atoms with Crippen molar-refractivity contribution >= 4 is 33.4 Å². The highest BCUT2D eigenvalue weighted by Gasteiger charge is 2.43. The van der Waals surface area contributed by atoms with E-state index >= 15 is 0 Å². The number of nitrogens with zero attached hydrogens (tertiary/aromatic N) is 7. The van der Waals surface area contributed by atoms with E-state index in [0.29, 0.717) is 42.0 Å². The summed E-state index contributed by atoms with van der Waals surface area (Å²) < 4.78 is 28.1. The van der Waals surface area contributed by atoms with Crippen LogP contribution in [0.3, 0.4) is 0 Å². The normalized spacial score (nSPS) is 21.4. The summed E-state index contributed by atoms with van der Waals surface area (Å²) >= 11 is 0. The third-order valence-corrected chi connectivity index (χ3v) is 9.26. The number of aromatic amines is 1. The van der Waals surface area contributed by atoms with Crippen molar-refractivity contribution in [1.29, 1.82) is 0 Å². The van der Waals surface area contributed by atoms with Gasteiger partial charge in [-0.2, -0.15) is 19.4 Å². The molecule has 0 saturated carbocycles. The Hall–Kier alpha value is -3.22. The van der Waals surface area contributed by atoms with Crippen LogP contribution in [0.2, 0.25) is 0 Å². The molecule has 11 nitrogen and oxygen atoms in total. The van der Waals surface area contributed by atoms with Crippen molar-refractivity contribution in [2.75, 3.05) is 68.5 Å². The van der Waals surface area contributed by atoms with E-state index < -0.39 is 15.6 Å². The molecule has 12 heteroatoms. The summed E-state index contributed by atoms with van der Waals surface area (Å²) in [5.41, 5.74) is 0.481. The number of aryl methyl sites for hydroxylation is 1. The van der Waals surface area contributed by atoms with Gasteiger partial charge in [0.2, 0.25) is 16.0 Å². The number of sulfonamides is 1. The minimum atomic E-state index is -3.57. The lowest BCUT2D eigenvalue weighted by molar-refractivity contribution is 0.312. The van der Waals surface area contributed by atoms with Crippen LogP contribution < -0.4 is 15.1 Å². The third-order valence-electron chi connectivity index (χ3n) is 7.40. The SMILES string of the molecule is Cc1cc(Nc2cc(N3CCN(C)CC3)nc(N(C)[C@]3(C)CCN(S(=O)(=O)c4ccccc4)C3)n2)n[nH]1. The molecule has 4 heterocycles. The Morgan fingerprint density at radius 2 is 1.76 bits per heavy atom. The number of likely N-dealkylation sites (N-methyl/N-ethyl adjacent to an activating group) is 2. The van der Waals surface area contributed by atoms with Gasteiger partial charge in [0.25, 0.3) is 0 Å². The molecular formula is C25H35N9O2S. The predicted octanol–water partition coefficient (Wildman–Crippen LogP) is 2.29. The van der Waals surface area contributed by atoms with Crippen LogP contribution in [0.25, 0.3) is 0 Å². The standard InChI is InChI=1S/C25H35N9O2S/c1-19-16-22(30-29-19)26-21-17-23(33-14-12-31(3)13-15-33)28-24(27-21)32(4)25(2)10-11-34(18-25)37(35,36)20-8-6-5-7-9-20/h5-9,16-17H,10-15,18H2,1-4H3,(H2,26,27,28,29,30)/t25-/m1/s1. The maximum Gasteiger partial charge on any atom is 0.243 e. The Labute approximate surface area is 218 Å². The van der Waals surface area contributed by atoms with Crippen molar-refractivity contribution in [3.8, 4) is 0 Å². The van der Waals surface area contributed by atoms with Crippen LogP contribution in [-0.2, 0) is 10.0 Å². The molecule has 2 fully saturated rings. The number of aromatic nitrogens is 4. The van der Waals surface area contributed by atoms with Crippen LogP contribution in [-0.4, -0.2) is 96.7 Å². The lowest BCUT2D eigenvalue weighted by atomic mass is 10.0. The summed E-state index contributed by atoms with van der Waals surface area (Å²) in [4.78, 5) is 16.7. The largest absolute Gasteiger partial charge is 0.354 e. The maximum absolute atomic E-state index is 13.3.